The molecule has 0 saturated carbocycles. The fourth-order valence-corrected chi connectivity index (χ4v) is 2.97. The Labute approximate surface area is 124 Å². The van der Waals surface area contributed by atoms with Crippen molar-refractivity contribution in [3.8, 4) is 0 Å². The Bertz CT molecular complexity index is 364. The van der Waals surface area contributed by atoms with E-state index in [9.17, 15) is 0 Å². The minimum Gasteiger partial charge on any atom is -0.316 e. The van der Waals surface area contributed by atoms with E-state index >= 15 is 0 Å². The van der Waals surface area contributed by atoms with E-state index in [0.717, 1.165) is 18.9 Å². The van der Waals surface area contributed by atoms with Crippen LogP contribution in [0.25, 0.3) is 0 Å². The monoisotopic (exact) mass is 274 g/mol. The third-order valence-corrected chi connectivity index (χ3v) is 4.40. The van der Waals surface area contributed by atoms with Crippen LogP contribution in [-0.4, -0.2) is 31.1 Å². The van der Waals surface area contributed by atoms with E-state index in [1.807, 2.05) is 0 Å². The second kappa shape index (κ2) is 8.43. The maximum Gasteiger partial charge on any atom is 0.0233 e. The highest BCUT2D eigenvalue weighted by molar-refractivity contribution is 5.22. The standard InChI is InChI=1S/C18H30N2/c1-3-11-19-14-17-9-12-20(13-10-17)15-18-7-5-16(4-2)6-8-18/h5-8,17,19H,3-4,9-15H2,1-2H3. The van der Waals surface area contributed by atoms with Gasteiger partial charge in [-0.3, -0.25) is 4.90 Å². The van der Waals surface area contributed by atoms with Crippen LogP contribution in [0.4, 0.5) is 0 Å². The molecule has 0 aromatic heterocycles. The number of hydrogen-bond donors (Lipinski definition) is 1. The lowest BCUT2D eigenvalue weighted by atomic mass is 9.96. The smallest absolute Gasteiger partial charge is 0.0233 e. The molecule has 0 unspecified atom stereocenters. The van der Waals surface area contributed by atoms with Gasteiger partial charge in [-0.05, 0) is 68.9 Å². The maximum atomic E-state index is 3.56. The van der Waals surface area contributed by atoms with Crippen LogP contribution in [0.3, 0.4) is 0 Å². The van der Waals surface area contributed by atoms with Gasteiger partial charge >= 0.3 is 0 Å². The molecule has 0 bridgehead atoms. The Morgan fingerprint density at radius 2 is 1.70 bits per heavy atom. The number of hydrogen-bond acceptors (Lipinski definition) is 2. The molecule has 1 saturated heterocycles. The van der Waals surface area contributed by atoms with Crippen LogP contribution in [0.15, 0.2) is 24.3 Å². The van der Waals surface area contributed by atoms with Crippen molar-refractivity contribution < 1.29 is 0 Å². The average molecular weight is 274 g/mol. The lowest BCUT2D eigenvalue weighted by Gasteiger charge is -2.32. The van der Waals surface area contributed by atoms with Crippen LogP contribution in [-0.2, 0) is 13.0 Å². The third-order valence-electron chi connectivity index (χ3n) is 4.40. The molecule has 0 aliphatic carbocycles. The van der Waals surface area contributed by atoms with Crippen LogP contribution in [0.2, 0.25) is 0 Å². The average Bonchev–Trinajstić information content (AvgIpc) is 2.50. The molecule has 0 amide bonds. The number of nitrogens with zero attached hydrogens (tertiary/aromatic N) is 1. The van der Waals surface area contributed by atoms with Gasteiger partial charge in [-0.15, -0.1) is 0 Å². The number of likely N-dealkylation sites (tertiary alicyclic amines) is 1. The van der Waals surface area contributed by atoms with E-state index in [1.54, 1.807) is 0 Å². The molecule has 0 radical (unpaired) electrons. The Morgan fingerprint density at radius 1 is 1.05 bits per heavy atom. The summed E-state index contributed by atoms with van der Waals surface area (Å²) in [7, 11) is 0. The predicted octanol–water partition coefficient (Wildman–Crippen LogP) is 3.46. The van der Waals surface area contributed by atoms with Gasteiger partial charge < -0.3 is 5.32 Å². The number of nitrogens with one attached hydrogen (secondary N) is 1. The van der Waals surface area contributed by atoms with Crippen molar-refractivity contribution in [3.63, 3.8) is 0 Å². The molecule has 2 heteroatoms. The topological polar surface area (TPSA) is 15.3 Å². The van der Waals surface area contributed by atoms with E-state index in [2.05, 4.69) is 48.3 Å². The number of piperidine rings is 1. The molecule has 20 heavy (non-hydrogen) atoms. The molecule has 1 N–H and O–H groups in total. The molecule has 1 aliphatic rings. The van der Waals surface area contributed by atoms with E-state index in [1.165, 1.54) is 56.6 Å². The van der Waals surface area contributed by atoms with E-state index in [0.29, 0.717) is 0 Å². The lowest BCUT2D eigenvalue weighted by molar-refractivity contribution is 0.175. The highest BCUT2D eigenvalue weighted by Gasteiger charge is 2.18. The fourth-order valence-electron chi connectivity index (χ4n) is 2.97. The van der Waals surface area contributed by atoms with Crippen molar-refractivity contribution in [2.75, 3.05) is 26.2 Å². The van der Waals surface area contributed by atoms with Crippen LogP contribution in [0.5, 0.6) is 0 Å². The summed E-state index contributed by atoms with van der Waals surface area (Å²) in [5.74, 6) is 0.889. The van der Waals surface area contributed by atoms with E-state index in [-0.39, 0.29) is 0 Å². The first kappa shape index (κ1) is 15.5. The van der Waals surface area contributed by atoms with Gasteiger partial charge in [0.2, 0.25) is 0 Å². The summed E-state index contributed by atoms with van der Waals surface area (Å²) in [6.07, 6.45) is 5.08. The van der Waals surface area contributed by atoms with Crippen molar-refractivity contribution in [1.82, 2.24) is 10.2 Å². The molecule has 0 spiro atoms. The van der Waals surface area contributed by atoms with Crippen LogP contribution >= 0.6 is 0 Å². The summed E-state index contributed by atoms with van der Waals surface area (Å²) in [5.41, 5.74) is 2.90. The third kappa shape index (κ3) is 4.92. The van der Waals surface area contributed by atoms with Gasteiger partial charge in [-0.25, -0.2) is 0 Å². The maximum absolute atomic E-state index is 3.56. The normalized spacial score (nSPS) is 17.5. The molecule has 1 aromatic carbocycles. The van der Waals surface area contributed by atoms with Gasteiger partial charge in [-0.1, -0.05) is 38.1 Å². The Kier molecular flexibility index (Phi) is 6.55. The van der Waals surface area contributed by atoms with Crippen LogP contribution in [0.1, 0.15) is 44.2 Å². The number of aryl methyl sites for hydroxylation is 1. The predicted molar refractivity (Wildman–Crippen MR) is 87.0 cm³/mol. The van der Waals surface area contributed by atoms with Gasteiger partial charge in [0.1, 0.15) is 0 Å². The van der Waals surface area contributed by atoms with Crippen molar-refractivity contribution in [1.29, 1.82) is 0 Å². The summed E-state index contributed by atoms with van der Waals surface area (Å²) in [6, 6.07) is 9.15. The molecule has 1 fully saturated rings. The zero-order valence-corrected chi connectivity index (χ0v) is 13.2. The number of benzene rings is 1. The Hall–Kier alpha value is -0.860. The van der Waals surface area contributed by atoms with Gasteiger partial charge in [0.05, 0.1) is 0 Å². The minimum atomic E-state index is 0.889. The first-order valence-corrected chi connectivity index (χ1v) is 8.32. The minimum absolute atomic E-state index is 0.889. The van der Waals surface area contributed by atoms with Crippen LogP contribution < -0.4 is 5.32 Å². The summed E-state index contributed by atoms with van der Waals surface area (Å²) >= 11 is 0. The van der Waals surface area contributed by atoms with Gasteiger partial charge in [0.25, 0.3) is 0 Å². The zero-order valence-electron chi connectivity index (χ0n) is 13.2. The molecule has 0 atom stereocenters. The largest absolute Gasteiger partial charge is 0.316 e. The quantitative estimate of drug-likeness (QED) is 0.766. The van der Waals surface area contributed by atoms with Crippen molar-refractivity contribution >= 4 is 0 Å². The first-order chi connectivity index (χ1) is 9.81. The Balaban J connectivity index is 1.70. The molecule has 1 aromatic rings. The van der Waals surface area contributed by atoms with Crippen molar-refractivity contribution in [2.45, 2.75) is 46.1 Å². The number of rotatable bonds is 7. The lowest BCUT2D eigenvalue weighted by Crippen LogP contribution is -2.37. The second-order valence-electron chi connectivity index (χ2n) is 6.09. The summed E-state index contributed by atoms with van der Waals surface area (Å²) in [4.78, 5) is 2.61. The molecule has 2 nitrogen and oxygen atoms in total. The SMILES string of the molecule is CCCNCC1CCN(Cc2ccc(CC)cc2)CC1. The molecule has 2 rings (SSSR count). The highest BCUT2D eigenvalue weighted by atomic mass is 15.1. The van der Waals surface area contributed by atoms with Crippen molar-refractivity contribution in [3.05, 3.63) is 35.4 Å². The zero-order chi connectivity index (χ0) is 14.2. The highest BCUT2D eigenvalue weighted by Crippen LogP contribution is 2.18. The molecule has 1 heterocycles. The van der Waals surface area contributed by atoms with E-state index in [4.69, 9.17) is 0 Å². The van der Waals surface area contributed by atoms with Crippen molar-refractivity contribution in [2.24, 2.45) is 5.92 Å². The molecule has 1 aliphatic heterocycles. The summed E-state index contributed by atoms with van der Waals surface area (Å²) in [5, 5.41) is 3.56. The van der Waals surface area contributed by atoms with Gasteiger partial charge in [-0.2, -0.15) is 0 Å². The van der Waals surface area contributed by atoms with E-state index < -0.39 is 0 Å². The fraction of sp³-hybridized carbons (Fsp3) is 0.667. The second-order valence-corrected chi connectivity index (χ2v) is 6.09. The molecular weight excluding hydrogens is 244 g/mol. The van der Waals surface area contributed by atoms with Gasteiger partial charge in [0, 0.05) is 6.54 Å². The van der Waals surface area contributed by atoms with Gasteiger partial charge in [0.15, 0.2) is 0 Å². The van der Waals surface area contributed by atoms with Crippen LogP contribution in [0, 0.1) is 5.92 Å². The first-order valence-electron chi connectivity index (χ1n) is 8.32. The summed E-state index contributed by atoms with van der Waals surface area (Å²) in [6.45, 7) is 10.5. The Morgan fingerprint density at radius 3 is 2.30 bits per heavy atom. The summed E-state index contributed by atoms with van der Waals surface area (Å²) < 4.78 is 0. The molecular formula is C18H30N2. The molecule has 112 valence electrons.